The maximum absolute atomic E-state index is 13.0. The Morgan fingerprint density at radius 1 is 1.24 bits per heavy atom. The molecule has 0 aromatic carbocycles. The van der Waals surface area contributed by atoms with Crippen molar-refractivity contribution in [2.45, 2.75) is 45.2 Å². The lowest BCUT2D eigenvalue weighted by molar-refractivity contribution is 0.00578. The largest absolute Gasteiger partial charge is 0.464 e. The summed E-state index contributed by atoms with van der Waals surface area (Å²) in [5.41, 5.74) is -0.0702. The van der Waals surface area contributed by atoms with Crippen molar-refractivity contribution < 1.29 is 13.7 Å². The molecule has 1 aliphatic heterocycles. The smallest absolute Gasteiger partial charge is 0.403 e. The molecule has 0 N–H and O–H groups in total. The summed E-state index contributed by atoms with van der Waals surface area (Å²) in [4.78, 5) is 4.10. The van der Waals surface area contributed by atoms with Crippen LogP contribution in [0.5, 0.6) is 0 Å². The number of hydrogen-bond donors (Lipinski definition) is 0. The molecule has 0 unspecified atom stereocenters. The summed E-state index contributed by atoms with van der Waals surface area (Å²) >= 11 is 0. The van der Waals surface area contributed by atoms with Gasteiger partial charge in [0.1, 0.15) is 5.82 Å². The average Bonchev–Trinajstić information content (AvgIpc) is 2.34. The fourth-order valence-electron chi connectivity index (χ4n) is 1.78. The van der Waals surface area contributed by atoms with Crippen molar-refractivity contribution in [1.29, 1.82) is 0 Å². The number of aromatic nitrogens is 1. The van der Waals surface area contributed by atoms with Gasteiger partial charge in [0.2, 0.25) is 0 Å². The molecule has 0 bridgehead atoms. The van der Waals surface area contributed by atoms with Gasteiger partial charge in [-0.3, -0.25) is 4.98 Å². The molecule has 1 fully saturated rings. The topological polar surface area (TPSA) is 31.4 Å². The van der Waals surface area contributed by atoms with E-state index < -0.39 is 0 Å². The summed E-state index contributed by atoms with van der Waals surface area (Å²) in [6, 6.07) is 2.73. The van der Waals surface area contributed by atoms with E-state index in [1.54, 1.807) is 0 Å². The van der Waals surface area contributed by atoms with Crippen LogP contribution >= 0.6 is 0 Å². The van der Waals surface area contributed by atoms with Crippen molar-refractivity contribution in [3.63, 3.8) is 0 Å². The van der Waals surface area contributed by atoms with E-state index in [0.29, 0.717) is 12.0 Å². The highest BCUT2D eigenvalue weighted by atomic mass is 19.1. The minimum absolute atomic E-state index is 0.286. The first kappa shape index (κ1) is 12.5. The van der Waals surface area contributed by atoms with Crippen LogP contribution in [0, 0.1) is 5.82 Å². The molecule has 1 saturated heterocycles. The third-order valence-corrected chi connectivity index (χ3v) is 3.46. The van der Waals surface area contributed by atoms with Gasteiger partial charge in [-0.2, -0.15) is 0 Å². The van der Waals surface area contributed by atoms with E-state index in [-0.39, 0.29) is 24.1 Å². The molecule has 17 heavy (non-hydrogen) atoms. The Kier molecular flexibility index (Phi) is 3.00. The van der Waals surface area contributed by atoms with Crippen molar-refractivity contribution in [1.82, 2.24) is 4.98 Å². The molecule has 3 nitrogen and oxygen atoms in total. The highest BCUT2D eigenvalue weighted by Crippen LogP contribution is 2.37. The molecule has 5 heteroatoms. The molecule has 2 heterocycles. The van der Waals surface area contributed by atoms with Crippen LogP contribution in [0.15, 0.2) is 18.3 Å². The molecule has 1 aromatic rings. The summed E-state index contributed by atoms with van der Waals surface area (Å²) in [5.74, 6) is -0.286. The van der Waals surface area contributed by atoms with Crippen molar-refractivity contribution >= 4 is 7.12 Å². The van der Waals surface area contributed by atoms with E-state index >= 15 is 0 Å². The molecule has 0 saturated carbocycles. The van der Waals surface area contributed by atoms with E-state index in [1.807, 2.05) is 27.7 Å². The van der Waals surface area contributed by atoms with Crippen molar-refractivity contribution in [2.24, 2.45) is 0 Å². The molecular formula is C12H17BFNO2. The second kappa shape index (κ2) is 4.07. The fourth-order valence-corrected chi connectivity index (χ4v) is 1.78. The van der Waals surface area contributed by atoms with E-state index in [4.69, 9.17) is 9.31 Å². The monoisotopic (exact) mass is 237 g/mol. The fraction of sp³-hybridized carbons (Fsp3) is 0.583. The summed E-state index contributed by atoms with van der Waals surface area (Å²) in [6.45, 7) is 7.97. The summed E-state index contributed by atoms with van der Waals surface area (Å²) in [6.07, 6.45) is 1.92. The molecule has 0 atom stereocenters. The first-order valence-corrected chi connectivity index (χ1v) is 5.76. The van der Waals surface area contributed by atoms with E-state index in [0.717, 1.165) is 0 Å². The zero-order chi connectivity index (χ0) is 12.7. The van der Waals surface area contributed by atoms with E-state index in [9.17, 15) is 4.39 Å². The Bertz CT molecular complexity index is 407. The van der Waals surface area contributed by atoms with Crippen LogP contribution < -0.4 is 0 Å². The quantitative estimate of drug-likeness (QED) is 0.740. The van der Waals surface area contributed by atoms with Gasteiger partial charge in [0, 0.05) is 18.2 Å². The third kappa shape index (κ3) is 2.50. The molecule has 0 spiro atoms. The van der Waals surface area contributed by atoms with E-state index in [1.165, 1.54) is 18.3 Å². The number of halogens is 1. The SMILES string of the molecule is CC1(C)OB(Cc2cc(F)ccn2)OC1(C)C. The minimum Gasteiger partial charge on any atom is -0.403 e. The predicted molar refractivity (Wildman–Crippen MR) is 64.0 cm³/mol. The van der Waals surface area contributed by atoms with Gasteiger partial charge in [0.25, 0.3) is 0 Å². The molecule has 2 rings (SSSR count). The maximum Gasteiger partial charge on any atom is 0.464 e. The number of hydrogen-bond acceptors (Lipinski definition) is 3. The first-order chi connectivity index (χ1) is 7.80. The van der Waals surface area contributed by atoms with Crippen LogP contribution in [-0.2, 0) is 15.6 Å². The molecular weight excluding hydrogens is 220 g/mol. The number of rotatable bonds is 2. The lowest BCUT2D eigenvalue weighted by Gasteiger charge is -2.32. The van der Waals surface area contributed by atoms with Crippen molar-refractivity contribution in [3.05, 3.63) is 29.8 Å². The lowest BCUT2D eigenvalue weighted by Crippen LogP contribution is -2.41. The Labute approximate surface area is 101 Å². The predicted octanol–water partition coefficient (Wildman–Crippen LogP) is 2.39. The molecule has 0 aliphatic carbocycles. The Morgan fingerprint density at radius 2 is 1.82 bits per heavy atom. The Morgan fingerprint density at radius 3 is 2.35 bits per heavy atom. The van der Waals surface area contributed by atoms with Crippen molar-refractivity contribution in [2.75, 3.05) is 0 Å². The third-order valence-electron chi connectivity index (χ3n) is 3.46. The minimum atomic E-state index is -0.366. The van der Waals surface area contributed by atoms with Crippen LogP contribution in [-0.4, -0.2) is 23.3 Å². The van der Waals surface area contributed by atoms with Crippen LogP contribution in [0.4, 0.5) is 4.39 Å². The van der Waals surface area contributed by atoms with Crippen LogP contribution in [0.1, 0.15) is 33.4 Å². The van der Waals surface area contributed by atoms with Gasteiger partial charge in [-0.05, 0) is 39.8 Å². The van der Waals surface area contributed by atoms with Crippen LogP contribution in [0.2, 0.25) is 0 Å². The van der Waals surface area contributed by atoms with E-state index in [2.05, 4.69) is 4.98 Å². The second-order valence-corrected chi connectivity index (χ2v) is 5.36. The van der Waals surface area contributed by atoms with Crippen LogP contribution in [0.3, 0.4) is 0 Å². The van der Waals surface area contributed by atoms with Gasteiger partial charge in [-0.1, -0.05) is 0 Å². The van der Waals surface area contributed by atoms with Gasteiger partial charge in [0.05, 0.1) is 11.2 Å². The normalized spacial score (nSPS) is 21.8. The lowest BCUT2D eigenvalue weighted by atomic mass is 9.83. The number of pyridine rings is 1. The second-order valence-electron chi connectivity index (χ2n) is 5.36. The molecule has 92 valence electrons. The summed E-state index contributed by atoms with van der Waals surface area (Å²) < 4.78 is 24.7. The molecule has 1 aliphatic rings. The Hall–Kier alpha value is -0.935. The summed E-state index contributed by atoms with van der Waals surface area (Å²) in [7, 11) is -0.366. The zero-order valence-corrected chi connectivity index (χ0v) is 10.7. The van der Waals surface area contributed by atoms with Gasteiger partial charge < -0.3 is 9.31 Å². The van der Waals surface area contributed by atoms with Gasteiger partial charge >= 0.3 is 7.12 Å². The maximum atomic E-state index is 13.0. The molecule has 0 amide bonds. The zero-order valence-electron chi connectivity index (χ0n) is 10.7. The molecule has 1 aromatic heterocycles. The van der Waals surface area contributed by atoms with Gasteiger partial charge in [-0.25, -0.2) is 4.39 Å². The highest BCUT2D eigenvalue weighted by Gasteiger charge is 2.50. The number of nitrogens with zero attached hydrogens (tertiary/aromatic N) is 1. The first-order valence-electron chi connectivity index (χ1n) is 5.76. The van der Waals surface area contributed by atoms with Crippen molar-refractivity contribution in [3.8, 4) is 0 Å². The van der Waals surface area contributed by atoms with Crippen LogP contribution in [0.25, 0.3) is 0 Å². The molecule has 0 radical (unpaired) electrons. The average molecular weight is 237 g/mol. The summed E-state index contributed by atoms with van der Waals surface area (Å²) in [5, 5.41) is 0. The highest BCUT2D eigenvalue weighted by molar-refractivity contribution is 6.44. The standard InChI is InChI=1S/C12H17BFNO2/c1-11(2)12(3,4)17-13(16-11)8-10-7-9(14)5-6-15-10/h5-7H,8H2,1-4H3. The Balaban J connectivity index is 2.08. The van der Waals surface area contributed by atoms with Gasteiger partial charge in [0.15, 0.2) is 0 Å². The van der Waals surface area contributed by atoms with Gasteiger partial charge in [-0.15, -0.1) is 0 Å².